The van der Waals surface area contributed by atoms with Crippen molar-refractivity contribution in [2.75, 3.05) is 0 Å². The summed E-state index contributed by atoms with van der Waals surface area (Å²) < 4.78 is 0. The summed E-state index contributed by atoms with van der Waals surface area (Å²) in [5.41, 5.74) is 3.84. The third kappa shape index (κ3) is 2.15. The number of hydrogen-bond acceptors (Lipinski definition) is 1. The van der Waals surface area contributed by atoms with Crippen molar-refractivity contribution < 1.29 is 4.79 Å². The van der Waals surface area contributed by atoms with E-state index in [2.05, 4.69) is 0 Å². The Hall–Kier alpha value is -1.60. The van der Waals surface area contributed by atoms with Gasteiger partial charge < -0.3 is 0 Å². The molecule has 0 N–H and O–H groups in total. The molecular formula is C14H11ClO. The Morgan fingerprint density at radius 2 is 1.81 bits per heavy atom. The van der Waals surface area contributed by atoms with E-state index in [9.17, 15) is 4.79 Å². The molecule has 2 rings (SSSR count). The second-order valence-electron chi connectivity index (χ2n) is 3.70. The molecule has 0 amide bonds. The van der Waals surface area contributed by atoms with Crippen LogP contribution in [0.3, 0.4) is 0 Å². The Bertz CT molecular complexity index is 532. The Morgan fingerprint density at radius 1 is 1.06 bits per heavy atom. The van der Waals surface area contributed by atoms with Crippen molar-refractivity contribution in [3.8, 4) is 11.1 Å². The second kappa shape index (κ2) is 4.50. The van der Waals surface area contributed by atoms with Crippen LogP contribution in [0.15, 0.2) is 42.5 Å². The maximum Gasteiger partial charge on any atom is 0.150 e. The molecule has 0 spiro atoms. The Balaban J connectivity index is 2.49. The number of rotatable bonds is 2. The zero-order valence-corrected chi connectivity index (χ0v) is 9.66. The normalized spacial score (nSPS) is 10.1. The highest BCUT2D eigenvalue weighted by Gasteiger charge is 2.01. The van der Waals surface area contributed by atoms with Gasteiger partial charge in [-0.2, -0.15) is 0 Å². The van der Waals surface area contributed by atoms with Gasteiger partial charge in [0.15, 0.2) is 0 Å². The van der Waals surface area contributed by atoms with E-state index in [-0.39, 0.29) is 0 Å². The van der Waals surface area contributed by atoms with E-state index < -0.39 is 0 Å². The summed E-state index contributed by atoms with van der Waals surface area (Å²) in [6.45, 7) is 1.93. The van der Waals surface area contributed by atoms with Crippen LogP contribution in [0.5, 0.6) is 0 Å². The molecule has 80 valence electrons. The van der Waals surface area contributed by atoms with Crippen LogP contribution in [0.2, 0.25) is 5.02 Å². The molecule has 2 aromatic rings. The number of hydrogen-bond donors (Lipinski definition) is 0. The fourth-order valence-electron chi connectivity index (χ4n) is 1.66. The van der Waals surface area contributed by atoms with Gasteiger partial charge in [-0.3, -0.25) is 4.79 Å². The van der Waals surface area contributed by atoms with E-state index in [1.165, 1.54) is 0 Å². The highest BCUT2D eigenvalue weighted by Crippen LogP contribution is 2.24. The van der Waals surface area contributed by atoms with Crippen LogP contribution in [-0.2, 0) is 0 Å². The zero-order valence-electron chi connectivity index (χ0n) is 8.91. The van der Waals surface area contributed by atoms with Crippen molar-refractivity contribution in [3.63, 3.8) is 0 Å². The number of halogens is 1. The first kappa shape index (κ1) is 10.9. The fourth-order valence-corrected chi connectivity index (χ4v) is 1.85. The minimum absolute atomic E-state index is 0.717. The molecule has 2 aromatic carbocycles. The van der Waals surface area contributed by atoms with E-state index >= 15 is 0 Å². The first-order valence-corrected chi connectivity index (χ1v) is 5.40. The van der Waals surface area contributed by atoms with Gasteiger partial charge in [-0.15, -0.1) is 0 Å². The van der Waals surface area contributed by atoms with Crippen LogP contribution >= 0.6 is 11.6 Å². The standard InChI is InChI=1S/C14H11ClO/c1-10-7-12(5-6-13(10)9-16)11-3-2-4-14(15)8-11/h2-9H,1H3. The van der Waals surface area contributed by atoms with Crippen LogP contribution in [-0.4, -0.2) is 6.29 Å². The molecule has 0 bridgehead atoms. The Kier molecular flexibility index (Phi) is 3.07. The molecule has 0 aliphatic carbocycles. The SMILES string of the molecule is Cc1cc(-c2cccc(Cl)c2)ccc1C=O. The third-order valence-electron chi connectivity index (χ3n) is 2.55. The van der Waals surface area contributed by atoms with Gasteiger partial charge in [0.25, 0.3) is 0 Å². The van der Waals surface area contributed by atoms with E-state index in [1.807, 2.05) is 49.4 Å². The lowest BCUT2D eigenvalue weighted by Crippen LogP contribution is -1.87. The van der Waals surface area contributed by atoms with Crippen LogP contribution in [0.25, 0.3) is 11.1 Å². The minimum Gasteiger partial charge on any atom is -0.298 e. The van der Waals surface area contributed by atoms with Crippen molar-refractivity contribution in [2.45, 2.75) is 6.92 Å². The molecule has 0 unspecified atom stereocenters. The van der Waals surface area contributed by atoms with Gasteiger partial charge in [0.2, 0.25) is 0 Å². The maximum absolute atomic E-state index is 10.7. The zero-order chi connectivity index (χ0) is 11.5. The Labute approximate surface area is 99.7 Å². The maximum atomic E-state index is 10.7. The molecule has 0 atom stereocenters. The third-order valence-corrected chi connectivity index (χ3v) is 2.79. The highest BCUT2D eigenvalue weighted by atomic mass is 35.5. The summed E-state index contributed by atoms with van der Waals surface area (Å²) in [4.78, 5) is 10.7. The number of carbonyl (C=O) groups excluding carboxylic acids is 1. The minimum atomic E-state index is 0.717. The lowest BCUT2D eigenvalue weighted by Gasteiger charge is -2.05. The lowest BCUT2D eigenvalue weighted by molar-refractivity contribution is 0.112. The summed E-state index contributed by atoms with van der Waals surface area (Å²) >= 11 is 5.94. The summed E-state index contributed by atoms with van der Waals surface area (Å²) in [7, 11) is 0. The molecular weight excluding hydrogens is 220 g/mol. The molecule has 2 heteroatoms. The van der Waals surface area contributed by atoms with Gasteiger partial charge in [-0.05, 0) is 35.7 Å². The summed E-state index contributed by atoms with van der Waals surface area (Å²) in [5.74, 6) is 0. The predicted molar refractivity (Wildman–Crippen MR) is 67.0 cm³/mol. The highest BCUT2D eigenvalue weighted by molar-refractivity contribution is 6.30. The van der Waals surface area contributed by atoms with Crippen molar-refractivity contribution in [1.82, 2.24) is 0 Å². The first-order valence-electron chi connectivity index (χ1n) is 5.02. The molecule has 0 aliphatic rings. The Morgan fingerprint density at radius 3 is 2.44 bits per heavy atom. The van der Waals surface area contributed by atoms with Crippen LogP contribution in [0, 0.1) is 6.92 Å². The average Bonchev–Trinajstić information content (AvgIpc) is 2.29. The lowest BCUT2D eigenvalue weighted by atomic mass is 10.0. The van der Waals surface area contributed by atoms with Crippen molar-refractivity contribution in [1.29, 1.82) is 0 Å². The molecule has 0 saturated carbocycles. The number of aldehydes is 1. The summed E-state index contributed by atoms with van der Waals surface area (Å²) in [5, 5.41) is 0.717. The smallest absolute Gasteiger partial charge is 0.150 e. The number of carbonyl (C=O) groups is 1. The molecule has 16 heavy (non-hydrogen) atoms. The largest absolute Gasteiger partial charge is 0.298 e. The summed E-state index contributed by atoms with van der Waals surface area (Å²) in [6, 6.07) is 13.4. The average molecular weight is 231 g/mol. The van der Waals surface area contributed by atoms with Crippen molar-refractivity contribution >= 4 is 17.9 Å². The van der Waals surface area contributed by atoms with E-state index in [0.29, 0.717) is 0 Å². The molecule has 1 nitrogen and oxygen atoms in total. The van der Waals surface area contributed by atoms with Crippen molar-refractivity contribution in [2.24, 2.45) is 0 Å². The number of benzene rings is 2. The van der Waals surface area contributed by atoms with Crippen LogP contribution in [0.4, 0.5) is 0 Å². The topological polar surface area (TPSA) is 17.1 Å². The number of aryl methyl sites for hydroxylation is 1. The quantitative estimate of drug-likeness (QED) is 0.709. The molecule has 0 radical (unpaired) electrons. The summed E-state index contributed by atoms with van der Waals surface area (Å²) in [6.07, 6.45) is 0.872. The van der Waals surface area contributed by atoms with Gasteiger partial charge in [0, 0.05) is 10.6 Å². The van der Waals surface area contributed by atoms with Gasteiger partial charge in [0.05, 0.1) is 0 Å². The van der Waals surface area contributed by atoms with Crippen LogP contribution in [0.1, 0.15) is 15.9 Å². The van der Waals surface area contributed by atoms with E-state index in [1.54, 1.807) is 0 Å². The molecule has 0 aromatic heterocycles. The monoisotopic (exact) mass is 230 g/mol. The fraction of sp³-hybridized carbons (Fsp3) is 0.0714. The van der Waals surface area contributed by atoms with Gasteiger partial charge >= 0.3 is 0 Å². The first-order chi connectivity index (χ1) is 7.70. The molecule has 0 saturated heterocycles. The van der Waals surface area contributed by atoms with Gasteiger partial charge in [0.1, 0.15) is 6.29 Å². The molecule has 0 fully saturated rings. The predicted octanol–water partition coefficient (Wildman–Crippen LogP) is 4.13. The van der Waals surface area contributed by atoms with Gasteiger partial charge in [-0.1, -0.05) is 41.9 Å². The van der Waals surface area contributed by atoms with Crippen LogP contribution < -0.4 is 0 Å². The van der Waals surface area contributed by atoms with Gasteiger partial charge in [-0.25, -0.2) is 0 Å². The van der Waals surface area contributed by atoms with E-state index in [4.69, 9.17) is 11.6 Å². The van der Waals surface area contributed by atoms with Crippen molar-refractivity contribution in [3.05, 3.63) is 58.6 Å². The van der Waals surface area contributed by atoms with E-state index in [0.717, 1.165) is 33.6 Å². The second-order valence-corrected chi connectivity index (χ2v) is 4.14. The molecule has 0 heterocycles. The molecule has 0 aliphatic heterocycles.